The number of nitrogens with one attached hydrogen (secondary N) is 1. The minimum Gasteiger partial charge on any atom is -0.497 e. The van der Waals surface area contributed by atoms with E-state index in [0.717, 1.165) is 27.2 Å². The van der Waals surface area contributed by atoms with Crippen LogP contribution in [0.3, 0.4) is 0 Å². The van der Waals surface area contributed by atoms with Crippen LogP contribution < -0.4 is 10.1 Å². The third-order valence-electron chi connectivity index (χ3n) is 4.03. The Bertz CT molecular complexity index is 1040. The number of carbonyl (C=O) groups is 2. The van der Waals surface area contributed by atoms with Gasteiger partial charge >= 0.3 is 5.97 Å². The highest BCUT2D eigenvalue weighted by atomic mass is 32.2. The molecule has 1 N–H and O–H groups in total. The van der Waals surface area contributed by atoms with Crippen LogP contribution in [0.15, 0.2) is 53.4 Å². The number of fused-ring (bicyclic) bond motifs is 1. The summed E-state index contributed by atoms with van der Waals surface area (Å²) in [6, 6.07) is 14.3. The molecule has 1 heterocycles. The van der Waals surface area contributed by atoms with Crippen molar-refractivity contribution in [2.24, 2.45) is 0 Å². The number of ether oxygens (including phenoxy) is 2. The van der Waals surface area contributed by atoms with Crippen molar-refractivity contribution in [2.45, 2.75) is 11.8 Å². The lowest BCUT2D eigenvalue weighted by Crippen LogP contribution is -2.14. The monoisotopic (exact) mass is 396 g/mol. The molecule has 1 amide bonds. The van der Waals surface area contributed by atoms with Gasteiger partial charge in [0.05, 0.1) is 31.1 Å². The summed E-state index contributed by atoms with van der Waals surface area (Å²) in [5.41, 5.74) is 2.67. The van der Waals surface area contributed by atoms with Gasteiger partial charge in [0.15, 0.2) is 0 Å². The number of pyridine rings is 1. The minimum absolute atomic E-state index is 0.169. The van der Waals surface area contributed by atoms with E-state index in [4.69, 9.17) is 9.47 Å². The molecule has 28 heavy (non-hydrogen) atoms. The number of anilines is 1. The average molecular weight is 396 g/mol. The van der Waals surface area contributed by atoms with Crippen molar-refractivity contribution in [3.63, 3.8) is 0 Å². The predicted octanol–water partition coefficient (Wildman–Crippen LogP) is 4.07. The number of aromatic nitrogens is 1. The van der Waals surface area contributed by atoms with Crippen LogP contribution in [0.2, 0.25) is 0 Å². The molecule has 3 aromatic rings. The highest BCUT2D eigenvalue weighted by Gasteiger charge is 2.11. The number of hydrogen-bond acceptors (Lipinski definition) is 6. The molecule has 2 aromatic carbocycles. The molecule has 0 unspecified atom stereocenters. The van der Waals surface area contributed by atoms with E-state index in [1.807, 2.05) is 31.2 Å². The summed E-state index contributed by atoms with van der Waals surface area (Å²) in [5.74, 6) is 0.345. The van der Waals surface area contributed by atoms with Crippen molar-refractivity contribution in [3.8, 4) is 5.75 Å². The lowest BCUT2D eigenvalue weighted by atomic mass is 10.2. The Hall–Kier alpha value is -3.06. The number of methoxy groups -OCH3 is 2. The van der Waals surface area contributed by atoms with Crippen LogP contribution in [0, 0.1) is 6.92 Å². The quantitative estimate of drug-likeness (QED) is 0.500. The summed E-state index contributed by atoms with van der Waals surface area (Å²) in [5, 5.41) is 3.75. The first kappa shape index (κ1) is 19.7. The van der Waals surface area contributed by atoms with Gasteiger partial charge in [-0.2, -0.15) is 0 Å². The molecule has 0 radical (unpaired) electrons. The molecule has 7 heteroatoms. The van der Waals surface area contributed by atoms with Gasteiger partial charge in [-0.25, -0.2) is 4.79 Å². The van der Waals surface area contributed by atoms with Crippen molar-refractivity contribution < 1.29 is 19.1 Å². The van der Waals surface area contributed by atoms with E-state index in [0.29, 0.717) is 11.3 Å². The number of benzene rings is 2. The van der Waals surface area contributed by atoms with E-state index in [-0.39, 0.29) is 11.7 Å². The number of carbonyl (C=O) groups excluding carboxylic acids is 2. The maximum absolute atomic E-state index is 12.4. The van der Waals surface area contributed by atoms with E-state index in [2.05, 4.69) is 10.3 Å². The van der Waals surface area contributed by atoms with Gasteiger partial charge in [-0.3, -0.25) is 9.78 Å². The Labute approximate surface area is 167 Å². The summed E-state index contributed by atoms with van der Waals surface area (Å²) < 4.78 is 10.00. The number of rotatable bonds is 6. The number of esters is 1. The summed E-state index contributed by atoms with van der Waals surface area (Å²) in [6.45, 7) is 1.92. The molecule has 0 aliphatic carbocycles. The van der Waals surface area contributed by atoms with Crippen molar-refractivity contribution in [3.05, 3.63) is 59.8 Å². The van der Waals surface area contributed by atoms with Gasteiger partial charge in [0.1, 0.15) is 5.75 Å². The molecule has 0 fully saturated rings. The number of hydrogen-bond donors (Lipinski definition) is 1. The van der Waals surface area contributed by atoms with E-state index in [1.165, 1.54) is 18.9 Å². The van der Waals surface area contributed by atoms with Crippen LogP contribution in [0.25, 0.3) is 10.9 Å². The molecule has 3 rings (SSSR count). The second kappa shape index (κ2) is 8.75. The fourth-order valence-electron chi connectivity index (χ4n) is 2.73. The Kier molecular flexibility index (Phi) is 6.16. The topological polar surface area (TPSA) is 77.5 Å². The van der Waals surface area contributed by atoms with Gasteiger partial charge in [0.2, 0.25) is 5.91 Å². The summed E-state index contributed by atoms with van der Waals surface area (Å²) >= 11 is 1.43. The maximum Gasteiger partial charge on any atom is 0.337 e. The zero-order valence-corrected chi connectivity index (χ0v) is 16.6. The van der Waals surface area contributed by atoms with Crippen LogP contribution >= 0.6 is 11.8 Å². The third kappa shape index (κ3) is 4.61. The van der Waals surface area contributed by atoms with Gasteiger partial charge in [-0.15, -0.1) is 11.8 Å². The van der Waals surface area contributed by atoms with Crippen molar-refractivity contribution >= 4 is 40.2 Å². The van der Waals surface area contributed by atoms with Crippen LogP contribution in [0.5, 0.6) is 5.75 Å². The first-order valence-corrected chi connectivity index (χ1v) is 9.55. The minimum atomic E-state index is -0.446. The average Bonchev–Trinajstić information content (AvgIpc) is 2.71. The molecule has 0 atom stereocenters. The Morgan fingerprint density at radius 1 is 1.11 bits per heavy atom. The van der Waals surface area contributed by atoms with Crippen molar-refractivity contribution in [1.29, 1.82) is 0 Å². The zero-order valence-electron chi connectivity index (χ0n) is 15.8. The smallest absolute Gasteiger partial charge is 0.337 e. The lowest BCUT2D eigenvalue weighted by molar-refractivity contribution is -0.113. The fourth-order valence-corrected chi connectivity index (χ4v) is 3.66. The largest absolute Gasteiger partial charge is 0.497 e. The molecule has 1 aromatic heterocycles. The Balaban J connectivity index is 1.73. The summed E-state index contributed by atoms with van der Waals surface area (Å²) in [6.07, 6.45) is 0. The molecule has 0 aliphatic rings. The normalized spacial score (nSPS) is 10.5. The van der Waals surface area contributed by atoms with E-state index < -0.39 is 5.97 Å². The predicted molar refractivity (Wildman–Crippen MR) is 110 cm³/mol. The number of thioether (sulfide) groups is 1. The van der Waals surface area contributed by atoms with Crippen LogP contribution in [0.1, 0.15) is 16.1 Å². The second-order valence-corrected chi connectivity index (χ2v) is 7.07. The van der Waals surface area contributed by atoms with Crippen molar-refractivity contribution in [1.82, 2.24) is 4.98 Å². The molecule has 0 saturated heterocycles. The van der Waals surface area contributed by atoms with Gasteiger partial charge in [0.25, 0.3) is 0 Å². The van der Waals surface area contributed by atoms with E-state index >= 15 is 0 Å². The first-order chi connectivity index (χ1) is 13.5. The van der Waals surface area contributed by atoms with Crippen LogP contribution in [-0.2, 0) is 9.53 Å². The maximum atomic E-state index is 12.4. The molecular formula is C21H20N2O4S. The third-order valence-corrected chi connectivity index (χ3v) is 5.09. The van der Waals surface area contributed by atoms with E-state index in [1.54, 1.807) is 31.4 Å². The molecule has 144 valence electrons. The summed E-state index contributed by atoms with van der Waals surface area (Å²) in [7, 11) is 2.94. The summed E-state index contributed by atoms with van der Waals surface area (Å²) in [4.78, 5) is 29.5. The zero-order chi connectivity index (χ0) is 20.1. The van der Waals surface area contributed by atoms with Crippen LogP contribution in [0.4, 0.5) is 5.69 Å². The molecule has 0 bridgehead atoms. The Morgan fingerprint density at radius 3 is 2.68 bits per heavy atom. The number of aryl methyl sites for hydroxylation is 1. The van der Waals surface area contributed by atoms with Crippen LogP contribution in [-0.4, -0.2) is 36.8 Å². The highest BCUT2D eigenvalue weighted by Crippen LogP contribution is 2.30. The molecule has 0 saturated carbocycles. The lowest BCUT2D eigenvalue weighted by Gasteiger charge is -2.10. The number of nitrogens with zero attached hydrogens (tertiary/aromatic N) is 1. The SMILES string of the molecule is COC(=O)c1cccc(NC(=O)CSc2cc(C)nc3ccc(OC)cc23)c1. The molecule has 0 spiro atoms. The second-order valence-electron chi connectivity index (χ2n) is 6.05. The van der Waals surface area contributed by atoms with E-state index in [9.17, 15) is 9.59 Å². The molecule has 6 nitrogen and oxygen atoms in total. The van der Waals surface area contributed by atoms with Gasteiger partial charge < -0.3 is 14.8 Å². The fraction of sp³-hybridized carbons (Fsp3) is 0.190. The van der Waals surface area contributed by atoms with Gasteiger partial charge in [0, 0.05) is 21.7 Å². The standard InChI is InChI=1S/C21H20N2O4S/c1-13-9-19(17-11-16(26-2)7-8-18(17)22-13)28-12-20(24)23-15-6-4-5-14(10-15)21(25)27-3/h4-11H,12H2,1-3H3,(H,23,24). The van der Waals surface area contributed by atoms with Gasteiger partial charge in [-0.05, 0) is 49.4 Å². The molecular weight excluding hydrogens is 376 g/mol. The van der Waals surface area contributed by atoms with Crippen molar-refractivity contribution in [2.75, 3.05) is 25.3 Å². The highest BCUT2D eigenvalue weighted by molar-refractivity contribution is 8.00. The molecule has 0 aliphatic heterocycles. The first-order valence-electron chi connectivity index (χ1n) is 8.56. The Morgan fingerprint density at radius 2 is 1.93 bits per heavy atom. The van der Waals surface area contributed by atoms with Gasteiger partial charge in [-0.1, -0.05) is 6.07 Å². The number of amides is 1.